The number of amides is 1. The normalized spacial score (nSPS) is 20.4. The first-order valence-corrected chi connectivity index (χ1v) is 12.9. The quantitative estimate of drug-likeness (QED) is 0.638. The number of carbonyl (C=O) groups excluding carboxylic acids is 1. The summed E-state index contributed by atoms with van der Waals surface area (Å²) in [5, 5.41) is 3.73. The molecule has 0 bridgehead atoms. The number of rotatable bonds is 7. The van der Waals surface area contributed by atoms with Crippen molar-refractivity contribution in [1.82, 2.24) is 14.6 Å². The number of nitrogens with one attached hydrogen (secondary N) is 1. The van der Waals surface area contributed by atoms with Gasteiger partial charge < -0.3 is 15.0 Å². The van der Waals surface area contributed by atoms with Crippen LogP contribution >= 0.6 is 0 Å². The predicted molar refractivity (Wildman–Crippen MR) is 124 cm³/mol. The fourth-order valence-electron chi connectivity index (χ4n) is 4.50. The van der Waals surface area contributed by atoms with Crippen molar-refractivity contribution in [1.29, 1.82) is 0 Å². The third-order valence-corrected chi connectivity index (χ3v) is 8.21. The van der Waals surface area contributed by atoms with Crippen LogP contribution in [-0.4, -0.2) is 70.1 Å². The molecule has 1 aromatic carbocycles. The van der Waals surface area contributed by atoms with Crippen LogP contribution in [0.25, 0.3) is 10.9 Å². The summed E-state index contributed by atoms with van der Waals surface area (Å²) < 4.78 is 32.6. The molecule has 0 aliphatic carbocycles. The van der Waals surface area contributed by atoms with Crippen LogP contribution in [0.3, 0.4) is 0 Å². The Balaban J connectivity index is 1.49. The zero-order chi connectivity index (χ0) is 22.6. The highest BCUT2D eigenvalue weighted by Crippen LogP contribution is 2.27. The summed E-state index contributed by atoms with van der Waals surface area (Å²) in [6.45, 7) is 3.67. The molecule has 32 heavy (non-hydrogen) atoms. The van der Waals surface area contributed by atoms with Crippen molar-refractivity contribution in [3.05, 3.63) is 30.3 Å². The minimum absolute atomic E-state index is 0.0556. The van der Waals surface area contributed by atoms with Gasteiger partial charge in [-0.1, -0.05) is 6.42 Å². The highest BCUT2D eigenvalue weighted by atomic mass is 32.2. The van der Waals surface area contributed by atoms with Gasteiger partial charge in [0.2, 0.25) is 15.9 Å². The molecular weight excluding hydrogens is 428 g/mol. The lowest BCUT2D eigenvalue weighted by Crippen LogP contribution is -2.44. The van der Waals surface area contributed by atoms with Crippen molar-refractivity contribution in [3.8, 4) is 0 Å². The Hall–Kier alpha value is -2.23. The number of fused-ring (bicyclic) bond motifs is 1. The summed E-state index contributed by atoms with van der Waals surface area (Å²) in [6.07, 6.45) is 4.70. The van der Waals surface area contributed by atoms with Crippen molar-refractivity contribution in [2.45, 2.75) is 37.0 Å². The van der Waals surface area contributed by atoms with E-state index in [9.17, 15) is 13.2 Å². The van der Waals surface area contributed by atoms with Crippen LogP contribution in [0.15, 0.2) is 35.2 Å². The van der Waals surface area contributed by atoms with Crippen LogP contribution in [0.4, 0.5) is 5.82 Å². The zero-order valence-corrected chi connectivity index (χ0v) is 19.4. The number of benzene rings is 1. The van der Waals surface area contributed by atoms with Crippen LogP contribution in [0.5, 0.6) is 0 Å². The van der Waals surface area contributed by atoms with Gasteiger partial charge in [0.15, 0.2) is 0 Å². The highest BCUT2D eigenvalue weighted by molar-refractivity contribution is 7.89. The van der Waals surface area contributed by atoms with Crippen molar-refractivity contribution in [2.75, 3.05) is 51.3 Å². The summed E-state index contributed by atoms with van der Waals surface area (Å²) >= 11 is 0. The van der Waals surface area contributed by atoms with Gasteiger partial charge in [-0.05, 0) is 56.0 Å². The SMILES string of the molecule is COCCNC(=O)[C@@H]1CCCN(c2ccc3cc(S(=O)(=O)N4CCCCC4)ccc3n2)C1. The zero-order valence-electron chi connectivity index (χ0n) is 18.6. The topological polar surface area (TPSA) is 91.8 Å². The standard InChI is InChI=1S/C23H32N4O4S/c1-31-15-11-24-23(28)19-6-5-12-26(17-19)22-10-7-18-16-20(8-9-21(18)25-22)32(29,30)27-13-3-2-4-14-27/h7-10,16,19H,2-6,11-15,17H2,1H3,(H,24,28)/t19-/m1/s1. The Morgan fingerprint density at radius 1 is 1.12 bits per heavy atom. The molecule has 2 aliphatic heterocycles. The number of sulfonamides is 1. The van der Waals surface area contributed by atoms with Crippen LogP contribution in [0.2, 0.25) is 0 Å². The molecule has 0 radical (unpaired) electrons. The van der Waals surface area contributed by atoms with Crippen molar-refractivity contribution >= 4 is 32.7 Å². The van der Waals surface area contributed by atoms with E-state index in [2.05, 4.69) is 10.2 Å². The Labute approximate surface area is 190 Å². The second-order valence-corrected chi connectivity index (χ2v) is 10.5. The molecule has 8 nitrogen and oxygen atoms in total. The van der Waals surface area contributed by atoms with Crippen LogP contribution < -0.4 is 10.2 Å². The molecule has 9 heteroatoms. The fourth-order valence-corrected chi connectivity index (χ4v) is 6.06. The van der Waals surface area contributed by atoms with Gasteiger partial charge in [-0.3, -0.25) is 4.79 Å². The molecule has 0 saturated carbocycles. The van der Waals surface area contributed by atoms with E-state index in [0.29, 0.717) is 37.7 Å². The van der Waals surface area contributed by atoms with Gasteiger partial charge in [0.1, 0.15) is 5.82 Å². The number of pyridine rings is 1. The van der Waals surface area contributed by atoms with Gasteiger partial charge in [-0.15, -0.1) is 0 Å². The maximum Gasteiger partial charge on any atom is 0.243 e. The summed E-state index contributed by atoms with van der Waals surface area (Å²) in [4.78, 5) is 19.7. The third-order valence-electron chi connectivity index (χ3n) is 6.32. The number of ether oxygens (including phenoxy) is 1. The first-order chi connectivity index (χ1) is 15.5. The molecule has 1 amide bonds. The smallest absolute Gasteiger partial charge is 0.243 e. The number of piperidine rings is 2. The lowest BCUT2D eigenvalue weighted by atomic mass is 9.97. The Bertz CT molecular complexity index is 1050. The Kier molecular flexibility index (Phi) is 7.27. The summed E-state index contributed by atoms with van der Waals surface area (Å²) in [5.41, 5.74) is 0.756. The van der Waals surface area contributed by atoms with E-state index in [0.717, 1.165) is 55.4 Å². The second-order valence-electron chi connectivity index (χ2n) is 8.56. The predicted octanol–water partition coefficient (Wildman–Crippen LogP) is 2.39. The van der Waals surface area contributed by atoms with Crippen LogP contribution in [0, 0.1) is 5.92 Å². The first kappa shape index (κ1) is 22.9. The van der Waals surface area contributed by atoms with E-state index in [1.54, 1.807) is 29.6 Å². The van der Waals surface area contributed by atoms with E-state index >= 15 is 0 Å². The van der Waals surface area contributed by atoms with E-state index in [1.165, 1.54) is 0 Å². The van der Waals surface area contributed by atoms with Crippen molar-refractivity contribution < 1.29 is 17.9 Å². The molecule has 2 aromatic rings. The molecule has 0 unspecified atom stereocenters. The first-order valence-electron chi connectivity index (χ1n) is 11.4. The molecule has 1 atom stereocenters. The van der Waals surface area contributed by atoms with Crippen molar-refractivity contribution in [2.24, 2.45) is 5.92 Å². The summed E-state index contributed by atoms with van der Waals surface area (Å²) in [6, 6.07) is 9.01. The number of hydrogen-bond donors (Lipinski definition) is 1. The Morgan fingerprint density at radius 3 is 2.72 bits per heavy atom. The largest absolute Gasteiger partial charge is 0.383 e. The molecular formula is C23H32N4O4S. The highest BCUT2D eigenvalue weighted by Gasteiger charge is 2.28. The van der Waals surface area contributed by atoms with Gasteiger partial charge in [-0.2, -0.15) is 4.31 Å². The molecule has 0 spiro atoms. The van der Waals surface area contributed by atoms with Gasteiger partial charge in [0.25, 0.3) is 0 Å². The number of anilines is 1. The summed E-state index contributed by atoms with van der Waals surface area (Å²) in [7, 11) is -1.85. The van der Waals surface area contributed by atoms with Crippen LogP contribution in [0.1, 0.15) is 32.1 Å². The number of methoxy groups -OCH3 is 1. The van der Waals surface area contributed by atoms with E-state index < -0.39 is 10.0 Å². The van der Waals surface area contributed by atoms with Crippen LogP contribution in [-0.2, 0) is 19.6 Å². The lowest BCUT2D eigenvalue weighted by Gasteiger charge is -2.33. The van der Waals surface area contributed by atoms with E-state index in [-0.39, 0.29) is 11.8 Å². The minimum Gasteiger partial charge on any atom is -0.383 e. The van der Waals surface area contributed by atoms with Gasteiger partial charge in [0.05, 0.1) is 22.9 Å². The minimum atomic E-state index is -3.47. The number of hydrogen-bond acceptors (Lipinski definition) is 6. The Morgan fingerprint density at radius 2 is 1.94 bits per heavy atom. The van der Waals surface area contributed by atoms with Gasteiger partial charge in [-0.25, -0.2) is 13.4 Å². The van der Waals surface area contributed by atoms with E-state index in [1.807, 2.05) is 12.1 Å². The molecule has 174 valence electrons. The molecule has 2 aliphatic rings. The molecule has 2 saturated heterocycles. The summed E-state index contributed by atoms with van der Waals surface area (Å²) in [5.74, 6) is 0.800. The van der Waals surface area contributed by atoms with Crippen molar-refractivity contribution in [3.63, 3.8) is 0 Å². The maximum absolute atomic E-state index is 13.0. The van der Waals surface area contributed by atoms with E-state index in [4.69, 9.17) is 9.72 Å². The molecule has 4 rings (SSSR count). The average Bonchev–Trinajstić information content (AvgIpc) is 2.84. The fraction of sp³-hybridized carbons (Fsp3) is 0.565. The molecule has 1 aromatic heterocycles. The molecule has 1 N–H and O–H groups in total. The maximum atomic E-state index is 13.0. The number of carbonyl (C=O) groups is 1. The number of aromatic nitrogens is 1. The van der Waals surface area contributed by atoms with Gasteiger partial charge in [0, 0.05) is 45.2 Å². The second kappa shape index (κ2) is 10.1. The molecule has 3 heterocycles. The third kappa shape index (κ3) is 5.05. The average molecular weight is 461 g/mol. The molecule has 2 fully saturated rings. The monoisotopic (exact) mass is 460 g/mol. The van der Waals surface area contributed by atoms with Gasteiger partial charge >= 0.3 is 0 Å². The number of nitrogens with zero attached hydrogens (tertiary/aromatic N) is 3. The lowest BCUT2D eigenvalue weighted by molar-refractivity contribution is -0.125.